The number of aliphatic hydroxyl groups is 1. The van der Waals surface area contributed by atoms with Crippen LogP contribution in [0, 0.1) is 0 Å². The van der Waals surface area contributed by atoms with Crippen LogP contribution in [0.5, 0.6) is 0 Å². The molecule has 0 saturated heterocycles. The summed E-state index contributed by atoms with van der Waals surface area (Å²) in [5.41, 5.74) is 1.29. The lowest BCUT2D eigenvalue weighted by atomic mass is 10.1. The quantitative estimate of drug-likeness (QED) is 0.750. The van der Waals surface area contributed by atoms with Gasteiger partial charge in [-0.05, 0) is 35.4 Å². The number of rotatable bonds is 5. The summed E-state index contributed by atoms with van der Waals surface area (Å²) in [5, 5.41) is 14.5. The molecule has 0 aliphatic rings. The topological polar surface area (TPSA) is 32.3 Å². The van der Waals surface area contributed by atoms with Crippen molar-refractivity contribution in [2.45, 2.75) is 13.0 Å². The second-order valence-electron chi connectivity index (χ2n) is 3.94. The van der Waals surface area contributed by atoms with E-state index in [0.29, 0.717) is 0 Å². The number of aliphatic hydroxyl groups excluding tert-OH is 1. The normalized spacial score (nSPS) is 10.8. The van der Waals surface area contributed by atoms with Gasteiger partial charge < -0.3 is 10.4 Å². The summed E-state index contributed by atoms with van der Waals surface area (Å²) in [5.74, 6) is 0. The second kappa shape index (κ2) is 5.64. The summed E-state index contributed by atoms with van der Waals surface area (Å²) in [7, 11) is 0. The molecular formula is C14H17NO. The molecule has 16 heavy (non-hydrogen) atoms. The van der Waals surface area contributed by atoms with Gasteiger partial charge in [-0.2, -0.15) is 0 Å². The van der Waals surface area contributed by atoms with Crippen LogP contribution in [-0.4, -0.2) is 18.3 Å². The van der Waals surface area contributed by atoms with Gasteiger partial charge in [-0.25, -0.2) is 0 Å². The molecule has 0 fully saturated rings. The van der Waals surface area contributed by atoms with E-state index in [1.807, 2.05) is 0 Å². The number of hydrogen-bond donors (Lipinski definition) is 2. The number of nitrogens with one attached hydrogen (secondary N) is 1. The van der Waals surface area contributed by atoms with Crippen LogP contribution in [0.15, 0.2) is 42.5 Å². The van der Waals surface area contributed by atoms with Crippen LogP contribution < -0.4 is 5.32 Å². The van der Waals surface area contributed by atoms with Crippen LogP contribution in [0.1, 0.15) is 12.0 Å². The van der Waals surface area contributed by atoms with Crippen LogP contribution in [0.3, 0.4) is 0 Å². The SMILES string of the molecule is OCCCNCc1ccc2ccccc2c1. The first kappa shape index (κ1) is 11.1. The van der Waals surface area contributed by atoms with Crippen molar-refractivity contribution in [3.63, 3.8) is 0 Å². The van der Waals surface area contributed by atoms with Gasteiger partial charge in [0.1, 0.15) is 0 Å². The summed E-state index contributed by atoms with van der Waals surface area (Å²) in [6.07, 6.45) is 0.813. The summed E-state index contributed by atoms with van der Waals surface area (Å²) >= 11 is 0. The Morgan fingerprint density at radius 3 is 2.62 bits per heavy atom. The maximum atomic E-state index is 8.66. The third-order valence-corrected chi connectivity index (χ3v) is 2.65. The van der Waals surface area contributed by atoms with E-state index in [1.54, 1.807) is 0 Å². The molecule has 0 saturated carbocycles. The minimum Gasteiger partial charge on any atom is -0.396 e. The first-order chi connectivity index (χ1) is 7.90. The van der Waals surface area contributed by atoms with Gasteiger partial charge >= 0.3 is 0 Å². The Hall–Kier alpha value is -1.38. The van der Waals surface area contributed by atoms with Crippen molar-refractivity contribution >= 4 is 10.8 Å². The van der Waals surface area contributed by atoms with Crippen LogP contribution in [0.25, 0.3) is 10.8 Å². The highest BCUT2D eigenvalue weighted by Gasteiger charge is 1.95. The molecule has 2 aromatic rings. The molecule has 2 heteroatoms. The van der Waals surface area contributed by atoms with E-state index in [2.05, 4.69) is 47.8 Å². The third-order valence-electron chi connectivity index (χ3n) is 2.65. The highest BCUT2D eigenvalue weighted by Crippen LogP contribution is 2.15. The average molecular weight is 215 g/mol. The Labute approximate surface area is 95.9 Å². The van der Waals surface area contributed by atoms with Crippen molar-refractivity contribution in [3.05, 3.63) is 48.0 Å². The first-order valence-corrected chi connectivity index (χ1v) is 5.69. The average Bonchev–Trinajstić information content (AvgIpc) is 2.34. The van der Waals surface area contributed by atoms with E-state index < -0.39 is 0 Å². The zero-order valence-electron chi connectivity index (χ0n) is 9.32. The van der Waals surface area contributed by atoms with Gasteiger partial charge in [0.25, 0.3) is 0 Å². The monoisotopic (exact) mass is 215 g/mol. The van der Waals surface area contributed by atoms with Crippen molar-refractivity contribution in [2.75, 3.05) is 13.2 Å². The van der Waals surface area contributed by atoms with E-state index >= 15 is 0 Å². The molecule has 2 N–H and O–H groups in total. The standard InChI is InChI=1S/C14H17NO/c16-9-3-8-15-11-12-6-7-13-4-1-2-5-14(13)10-12/h1-2,4-7,10,15-16H,3,8-9,11H2. The van der Waals surface area contributed by atoms with Crippen LogP contribution in [0.2, 0.25) is 0 Å². The maximum Gasteiger partial charge on any atom is 0.0443 e. The van der Waals surface area contributed by atoms with Gasteiger partial charge in [-0.15, -0.1) is 0 Å². The van der Waals surface area contributed by atoms with Gasteiger partial charge in [0.2, 0.25) is 0 Å². The molecule has 0 atom stereocenters. The molecule has 0 spiro atoms. The maximum absolute atomic E-state index is 8.66. The van der Waals surface area contributed by atoms with Gasteiger partial charge in [0, 0.05) is 13.2 Å². The molecule has 0 aromatic heterocycles. The molecule has 0 aliphatic heterocycles. The Morgan fingerprint density at radius 2 is 1.81 bits per heavy atom. The van der Waals surface area contributed by atoms with Crippen LogP contribution >= 0.6 is 0 Å². The molecular weight excluding hydrogens is 198 g/mol. The second-order valence-corrected chi connectivity index (χ2v) is 3.94. The molecule has 0 bridgehead atoms. The van der Waals surface area contributed by atoms with Gasteiger partial charge in [0.15, 0.2) is 0 Å². The molecule has 0 heterocycles. The minimum absolute atomic E-state index is 0.255. The van der Waals surface area contributed by atoms with E-state index in [0.717, 1.165) is 19.5 Å². The lowest BCUT2D eigenvalue weighted by molar-refractivity contribution is 0.286. The zero-order valence-corrected chi connectivity index (χ0v) is 9.32. The van der Waals surface area contributed by atoms with Crippen molar-refractivity contribution < 1.29 is 5.11 Å². The Bertz CT molecular complexity index is 453. The van der Waals surface area contributed by atoms with E-state index in [-0.39, 0.29) is 6.61 Å². The fourth-order valence-electron chi connectivity index (χ4n) is 1.79. The molecule has 2 rings (SSSR count). The Morgan fingerprint density at radius 1 is 1.00 bits per heavy atom. The van der Waals surface area contributed by atoms with Crippen molar-refractivity contribution in [1.82, 2.24) is 5.32 Å². The molecule has 0 amide bonds. The molecule has 2 aromatic carbocycles. The summed E-state index contributed by atoms with van der Waals surface area (Å²) < 4.78 is 0. The van der Waals surface area contributed by atoms with E-state index in [4.69, 9.17) is 5.11 Å². The van der Waals surface area contributed by atoms with Crippen molar-refractivity contribution in [1.29, 1.82) is 0 Å². The van der Waals surface area contributed by atoms with E-state index in [9.17, 15) is 0 Å². The lowest BCUT2D eigenvalue weighted by Crippen LogP contribution is -2.15. The first-order valence-electron chi connectivity index (χ1n) is 5.69. The smallest absolute Gasteiger partial charge is 0.0443 e. The molecule has 0 radical (unpaired) electrons. The number of fused-ring (bicyclic) bond motifs is 1. The third kappa shape index (κ3) is 2.81. The van der Waals surface area contributed by atoms with Crippen molar-refractivity contribution in [2.24, 2.45) is 0 Å². The fraction of sp³-hybridized carbons (Fsp3) is 0.286. The molecule has 84 valence electrons. The van der Waals surface area contributed by atoms with Gasteiger partial charge in [-0.1, -0.05) is 36.4 Å². The largest absolute Gasteiger partial charge is 0.396 e. The van der Waals surface area contributed by atoms with Crippen LogP contribution in [0.4, 0.5) is 0 Å². The molecule has 2 nitrogen and oxygen atoms in total. The molecule has 0 aliphatic carbocycles. The Balaban J connectivity index is 2.02. The summed E-state index contributed by atoms with van der Waals surface area (Å²) in [6.45, 7) is 1.99. The van der Waals surface area contributed by atoms with Crippen LogP contribution in [-0.2, 0) is 6.54 Å². The van der Waals surface area contributed by atoms with E-state index in [1.165, 1.54) is 16.3 Å². The molecule has 0 unspecified atom stereocenters. The summed E-state index contributed by atoms with van der Waals surface area (Å²) in [6, 6.07) is 14.9. The summed E-state index contributed by atoms with van der Waals surface area (Å²) in [4.78, 5) is 0. The number of benzene rings is 2. The van der Waals surface area contributed by atoms with Crippen molar-refractivity contribution in [3.8, 4) is 0 Å². The van der Waals surface area contributed by atoms with Gasteiger partial charge in [0.05, 0.1) is 0 Å². The predicted molar refractivity (Wildman–Crippen MR) is 67.4 cm³/mol. The van der Waals surface area contributed by atoms with Gasteiger partial charge in [-0.3, -0.25) is 0 Å². The number of hydrogen-bond acceptors (Lipinski definition) is 2. The lowest BCUT2D eigenvalue weighted by Gasteiger charge is -2.05. The highest BCUT2D eigenvalue weighted by atomic mass is 16.3. The predicted octanol–water partition coefficient (Wildman–Crippen LogP) is 2.31. The minimum atomic E-state index is 0.255. The highest BCUT2D eigenvalue weighted by molar-refractivity contribution is 5.82. The zero-order chi connectivity index (χ0) is 11.2. The Kier molecular flexibility index (Phi) is 3.91. The fourth-order valence-corrected chi connectivity index (χ4v) is 1.79.